The molecule has 0 bridgehead atoms. The highest BCUT2D eigenvalue weighted by Gasteiger charge is 2.33. The van der Waals surface area contributed by atoms with Crippen LogP contribution in [0.25, 0.3) is 0 Å². The van der Waals surface area contributed by atoms with E-state index in [0.717, 1.165) is 32.2 Å². The Morgan fingerprint density at radius 2 is 1.78 bits per heavy atom. The summed E-state index contributed by atoms with van der Waals surface area (Å²) in [5.74, 6) is 0. The fourth-order valence-electron chi connectivity index (χ4n) is 2.85. The predicted molar refractivity (Wildman–Crippen MR) is 73.9 cm³/mol. The van der Waals surface area contributed by atoms with Crippen LogP contribution in [0, 0.1) is 0 Å². The molecule has 0 unspecified atom stereocenters. The minimum Gasteiger partial charge on any atom is -0.385 e. The highest BCUT2D eigenvalue weighted by atomic mass is 16.5. The van der Waals surface area contributed by atoms with Crippen LogP contribution in [0.4, 0.5) is 0 Å². The highest BCUT2D eigenvalue weighted by Crippen LogP contribution is 2.31. The molecule has 0 aliphatic heterocycles. The van der Waals surface area contributed by atoms with Crippen molar-refractivity contribution in [3.8, 4) is 0 Å². The van der Waals surface area contributed by atoms with Crippen molar-refractivity contribution in [3.63, 3.8) is 0 Å². The first-order valence-electron chi connectivity index (χ1n) is 7.71. The summed E-state index contributed by atoms with van der Waals surface area (Å²) in [7, 11) is 1.76. The van der Waals surface area contributed by atoms with Crippen molar-refractivity contribution in [1.82, 2.24) is 5.32 Å². The molecule has 1 N–H and O–H groups in total. The molecule has 0 amide bonds. The van der Waals surface area contributed by atoms with E-state index in [4.69, 9.17) is 9.47 Å². The van der Waals surface area contributed by atoms with Gasteiger partial charge in [-0.05, 0) is 32.1 Å². The van der Waals surface area contributed by atoms with Crippen molar-refractivity contribution in [3.05, 3.63) is 0 Å². The van der Waals surface area contributed by atoms with Gasteiger partial charge in [0, 0.05) is 32.9 Å². The van der Waals surface area contributed by atoms with Crippen LogP contribution in [0.1, 0.15) is 57.8 Å². The number of rotatable bonds is 8. The third-order valence-electron chi connectivity index (χ3n) is 4.21. The summed E-state index contributed by atoms with van der Waals surface area (Å²) in [4.78, 5) is 0. The minimum absolute atomic E-state index is 0.118. The summed E-state index contributed by atoms with van der Waals surface area (Å²) in [5, 5.41) is 3.68. The number of hydrogen-bond acceptors (Lipinski definition) is 3. The summed E-state index contributed by atoms with van der Waals surface area (Å²) in [6.07, 6.45) is 11.6. The topological polar surface area (TPSA) is 30.5 Å². The van der Waals surface area contributed by atoms with Crippen LogP contribution in [-0.2, 0) is 9.47 Å². The Bertz CT molecular complexity index is 221. The van der Waals surface area contributed by atoms with Gasteiger partial charge in [0.25, 0.3) is 0 Å². The van der Waals surface area contributed by atoms with E-state index < -0.39 is 0 Å². The highest BCUT2D eigenvalue weighted by molar-refractivity contribution is 4.90. The SMILES string of the molecule is COCCCOC1(CNC2CC2)CCCCCC1. The molecule has 0 spiro atoms. The van der Waals surface area contributed by atoms with Crippen molar-refractivity contribution < 1.29 is 9.47 Å². The molecule has 106 valence electrons. The van der Waals surface area contributed by atoms with Gasteiger partial charge in [-0.2, -0.15) is 0 Å². The van der Waals surface area contributed by atoms with E-state index in [1.165, 1.54) is 51.4 Å². The third-order valence-corrected chi connectivity index (χ3v) is 4.21. The normalized spacial score (nSPS) is 23.8. The molecule has 2 rings (SSSR count). The van der Waals surface area contributed by atoms with Gasteiger partial charge in [-0.3, -0.25) is 0 Å². The van der Waals surface area contributed by atoms with Crippen molar-refractivity contribution in [2.24, 2.45) is 0 Å². The van der Waals surface area contributed by atoms with Gasteiger partial charge in [0.05, 0.1) is 5.60 Å². The quantitative estimate of drug-likeness (QED) is 0.534. The van der Waals surface area contributed by atoms with E-state index in [9.17, 15) is 0 Å². The standard InChI is InChI=1S/C15H29NO2/c1-17-11-6-12-18-15(13-16-14-7-8-14)9-4-2-3-5-10-15/h14,16H,2-13H2,1H3. The first kappa shape index (κ1) is 14.3. The molecule has 0 radical (unpaired) electrons. The monoisotopic (exact) mass is 255 g/mol. The molecule has 0 aromatic rings. The van der Waals surface area contributed by atoms with Crippen LogP contribution in [0.2, 0.25) is 0 Å². The Hall–Kier alpha value is -0.120. The molecule has 3 heteroatoms. The fraction of sp³-hybridized carbons (Fsp3) is 1.00. The van der Waals surface area contributed by atoms with Crippen LogP contribution in [0.3, 0.4) is 0 Å². The molecule has 2 aliphatic rings. The molecule has 0 aromatic heterocycles. The fourth-order valence-corrected chi connectivity index (χ4v) is 2.85. The molecule has 0 atom stereocenters. The van der Waals surface area contributed by atoms with E-state index in [1.54, 1.807) is 7.11 Å². The second kappa shape index (κ2) is 7.46. The number of nitrogens with one attached hydrogen (secondary N) is 1. The van der Waals surface area contributed by atoms with Crippen LogP contribution < -0.4 is 5.32 Å². The maximum atomic E-state index is 6.29. The number of hydrogen-bond donors (Lipinski definition) is 1. The summed E-state index contributed by atoms with van der Waals surface area (Å²) in [6, 6.07) is 0.785. The van der Waals surface area contributed by atoms with Gasteiger partial charge in [-0.1, -0.05) is 25.7 Å². The lowest BCUT2D eigenvalue weighted by Gasteiger charge is -2.33. The van der Waals surface area contributed by atoms with Crippen LogP contribution in [0.5, 0.6) is 0 Å². The average Bonchev–Trinajstić information content (AvgIpc) is 3.20. The average molecular weight is 255 g/mol. The smallest absolute Gasteiger partial charge is 0.0806 e. The lowest BCUT2D eigenvalue weighted by Crippen LogP contribution is -2.44. The summed E-state index contributed by atoms with van der Waals surface area (Å²) in [6.45, 7) is 2.72. The Morgan fingerprint density at radius 1 is 1.06 bits per heavy atom. The Balaban J connectivity index is 1.78. The molecule has 3 nitrogen and oxygen atoms in total. The first-order chi connectivity index (χ1) is 8.85. The summed E-state index contributed by atoms with van der Waals surface area (Å²) < 4.78 is 11.4. The molecule has 18 heavy (non-hydrogen) atoms. The van der Waals surface area contributed by atoms with Crippen molar-refractivity contribution in [2.45, 2.75) is 69.4 Å². The predicted octanol–water partition coefficient (Wildman–Crippen LogP) is 2.88. The van der Waals surface area contributed by atoms with Gasteiger partial charge in [0.2, 0.25) is 0 Å². The molecule has 2 aliphatic carbocycles. The zero-order chi connectivity index (χ0) is 12.7. The van der Waals surface area contributed by atoms with Gasteiger partial charge < -0.3 is 14.8 Å². The lowest BCUT2D eigenvalue weighted by atomic mass is 9.94. The summed E-state index contributed by atoms with van der Waals surface area (Å²) in [5.41, 5.74) is 0.118. The largest absolute Gasteiger partial charge is 0.385 e. The molecule has 0 aromatic carbocycles. The Labute approximate surface area is 112 Å². The third kappa shape index (κ3) is 4.87. The molecular weight excluding hydrogens is 226 g/mol. The van der Waals surface area contributed by atoms with Crippen molar-refractivity contribution in [1.29, 1.82) is 0 Å². The van der Waals surface area contributed by atoms with Gasteiger partial charge >= 0.3 is 0 Å². The zero-order valence-corrected chi connectivity index (χ0v) is 11.9. The second-order valence-electron chi connectivity index (χ2n) is 5.95. The summed E-state index contributed by atoms with van der Waals surface area (Å²) >= 11 is 0. The first-order valence-corrected chi connectivity index (χ1v) is 7.71. The van der Waals surface area contributed by atoms with E-state index in [2.05, 4.69) is 5.32 Å². The molecule has 2 saturated carbocycles. The molecular formula is C15H29NO2. The van der Waals surface area contributed by atoms with Gasteiger partial charge in [0.1, 0.15) is 0 Å². The molecule has 2 fully saturated rings. The number of methoxy groups -OCH3 is 1. The van der Waals surface area contributed by atoms with E-state index >= 15 is 0 Å². The van der Waals surface area contributed by atoms with Crippen LogP contribution in [-0.4, -0.2) is 38.5 Å². The van der Waals surface area contributed by atoms with E-state index in [-0.39, 0.29) is 5.60 Å². The Morgan fingerprint density at radius 3 is 2.39 bits per heavy atom. The number of ether oxygens (including phenoxy) is 2. The maximum absolute atomic E-state index is 6.29. The van der Waals surface area contributed by atoms with Crippen LogP contribution >= 0.6 is 0 Å². The van der Waals surface area contributed by atoms with E-state index in [0.29, 0.717) is 0 Å². The van der Waals surface area contributed by atoms with Crippen molar-refractivity contribution >= 4 is 0 Å². The van der Waals surface area contributed by atoms with E-state index in [1.807, 2.05) is 0 Å². The Kier molecular flexibility index (Phi) is 5.93. The lowest BCUT2D eigenvalue weighted by molar-refractivity contribution is -0.0601. The maximum Gasteiger partial charge on any atom is 0.0806 e. The van der Waals surface area contributed by atoms with Crippen molar-refractivity contribution in [2.75, 3.05) is 26.9 Å². The zero-order valence-electron chi connectivity index (χ0n) is 11.9. The van der Waals surface area contributed by atoms with Gasteiger partial charge in [0.15, 0.2) is 0 Å². The molecule has 0 heterocycles. The minimum atomic E-state index is 0.118. The van der Waals surface area contributed by atoms with Gasteiger partial charge in [-0.15, -0.1) is 0 Å². The molecule has 0 saturated heterocycles. The van der Waals surface area contributed by atoms with Gasteiger partial charge in [-0.25, -0.2) is 0 Å². The van der Waals surface area contributed by atoms with Crippen LogP contribution in [0.15, 0.2) is 0 Å². The second-order valence-corrected chi connectivity index (χ2v) is 5.95.